The summed E-state index contributed by atoms with van der Waals surface area (Å²) in [6, 6.07) is 9.28. The van der Waals surface area contributed by atoms with E-state index in [2.05, 4.69) is 57.3 Å². The summed E-state index contributed by atoms with van der Waals surface area (Å²) in [6.07, 6.45) is 3.48. The first kappa shape index (κ1) is 17.2. The maximum atomic E-state index is 5.80. The SMILES string of the molecule is CCCCOCC(NCCC)c1ccc(C(C)C)cc1. The Balaban J connectivity index is 2.60. The highest BCUT2D eigenvalue weighted by Crippen LogP contribution is 2.19. The highest BCUT2D eigenvalue weighted by Gasteiger charge is 2.11. The Kier molecular flexibility index (Phi) is 8.56. The summed E-state index contributed by atoms with van der Waals surface area (Å²) in [5.74, 6) is 0.590. The fourth-order valence-electron chi connectivity index (χ4n) is 2.15. The average molecular weight is 277 g/mol. The summed E-state index contributed by atoms with van der Waals surface area (Å²) in [6.45, 7) is 11.5. The van der Waals surface area contributed by atoms with Crippen LogP contribution in [0.2, 0.25) is 0 Å². The molecule has 0 spiro atoms. The number of hydrogen-bond donors (Lipinski definition) is 1. The van der Waals surface area contributed by atoms with Crippen LogP contribution in [0.1, 0.15) is 70.0 Å². The van der Waals surface area contributed by atoms with Gasteiger partial charge in [0.15, 0.2) is 0 Å². The molecule has 0 heterocycles. The lowest BCUT2D eigenvalue weighted by Gasteiger charge is -2.20. The van der Waals surface area contributed by atoms with Gasteiger partial charge in [0, 0.05) is 6.61 Å². The van der Waals surface area contributed by atoms with Crippen molar-refractivity contribution in [3.8, 4) is 0 Å². The number of rotatable bonds is 10. The van der Waals surface area contributed by atoms with Crippen molar-refractivity contribution in [2.24, 2.45) is 0 Å². The zero-order valence-electron chi connectivity index (χ0n) is 13.6. The number of benzene rings is 1. The zero-order valence-corrected chi connectivity index (χ0v) is 13.6. The largest absolute Gasteiger partial charge is 0.379 e. The number of nitrogens with one attached hydrogen (secondary N) is 1. The molecule has 0 aliphatic rings. The third-order valence-electron chi connectivity index (χ3n) is 3.57. The van der Waals surface area contributed by atoms with Gasteiger partial charge in [-0.1, -0.05) is 58.4 Å². The molecule has 1 aromatic carbocycles. The number of ether oxygens (including phenoxy) is 1. The topological polar surface area (TPSA) is 21.3 Å². The molecular formula is C18H31NO. The van der Waals surface area contributed by atoms with Crippen LogP contribution in [-0.4, -0.2) is 19.8 Å². The molecule has 1 unspecified atom stereocenters. The standard InChI is InChI=1S/C18H31NO/c1-5-7-13-20-14-18(19-12-6-2)17-10-8-16(9-11-17)15(3)4/h8-11,15,18-19H,5-7,12-14H2,1-4H3. The van der Waals surface area contributed by atoms with E-state index >= 15 is 0 Å². The highest BCUT2D eigenvalue weighted by molar-refractivity contribution is 5.27. The number of hydrogen-bond acceptors (Lipinski definition) is 2. The van der Waals surface area contributed by atoms with E-state index in [0.717, 1.165) is 32.6 Å². The quantitative estimate of drug-likeness (QED) is 0.628. The molecule has 0 aliphatic carbocycles. The summed E-state index contributed by atoms with van der Waals surface area (Å²) in [5.41, 5.74) is 2.73. The van der Waals surface area contributed by atoms with Gasteiger partial charge in [-0.3, -0.25) is 0 Å². The van der Waals surface area contributed by atoms with Gasteiger partial charge in [-0.05, 0) is 36.4 Å². The van der Waals surface area contributed by atoms with Gasteiger partial charge in [0.1, 0.15) is 0 Å². The minimum absolute atomic E-state index is 0.313. The van der Waals surface area contributed by atoms with E-state index in [1.807, 2.05) is 0 Å². The van der Waals surface area contributed by atoms with E-state index in [1.54, 1.807) is 0 Å². The normalized spacial score (nSPS) is 12.8. The highest BCUT2D eigenvalue weighted by atomic mass is 16.5. The predicted molar refractivity (Wildman–Crippen MR) is 87.3 cm³/mol. The van der Waals surface area contributed by atoms with Crippen molar-refractivity contribution >= 4 is 0 Å². The molecule has 1 atom stereocenters. The van der Waals surface area contributed by atoms with Gasteiger partial charge in [0.25, 0.3) is 0 Å². The molecule has 1 N–H and O–H groups in total. The monoisotopic (exact) mass is 277 g/mol. The molecule has 1 aromatic rings. The maximum Gasteiger partial charge on any atom is 0.0661 e. The second kappa shape index (κ2) is 9.95. The lowest BCUT2D eigenvalue weighted by Crippen LogP contribution is -2.26. The third kappa shape index (κ3) is 6.06. The van der Waals surface area contributed by atoms with Crippen molar-refractivity contribution in [1.82, 2.24) is 5.32 Å². The van der Waals surface area contributed by atoms with E-state index < -0.39 is 0 Å². The summed E-state index contributed by atoms with van der Waals surface area (Å²) in [5, 5.41) is 3.59. The van der Waals surface area contributed by atoms with Crippen molar-refractivity contribution in [3.05, 3.63) is 35.4 Å². The summed E-state index contributed by atoms with van der Waals surface area (Å²) < 4.78 is 5.80. The van der Waals surface area contributed by atoms with Crippen LogP contribution in [0.4, 0.5) is 0 Å². The number of unbranched alkanes of at least 4 members (excludes halogenated alkanes) is 1. The molecule has 1 rings (SSSR count). The van der Waals surface area contributed by atoms with Crippen LogP contribution in [-0.2, 0) is 4.74 Å². The van der Waals surface area contributed by atoms with Gasteiger partial charge >= 0.3 is 0 Å². The van der Waals surface area contributed by atoms with Crippen LogP contribution in [0.25, 0.3) is 0 Å². The van der Waals surface area contributed by atoms with Crippen molar-refractivity contribution in [3.63, 3.8) is 0 Å². The van der Waals surface area contributed by atoms with E-state index in [-0.39, 0.29) is 0 Å². The fourth-order valence-corrected chi connectivity index (χ4v) is 2.15. The first-order valence-corrected chi connectivity index (χ1v) is 8.10. The molecule has 0 radical (unpaired) electrons. The lowest BCUT2D eigenvalue weighted by molar-refractivity contribution is 0.109. The summed E-state index contributed by atoms with van der Waals surface area (Å²) >= 11 is 0. The van der Waals surface area contributed by atoms with Gasteiger partial charge in [0.05, 0.1) is 12.6 Å². The predicted octanol–water partition coefficient (Wildman–Crippen LogP) is 4.67. The zero-order chi connectivity index (χ0) is 14.8. The van der Waals surface area contributed by atoms with Gasteiger partial charge in [-0.2, -0.15) is 0 Å². The van der Waals surface area contributed by atoms with Crippen molar-refractivity contribution in [2.75, 3.05) is 19.8 Å². The summed E-state index contributed by atoms with van der Waals surface area (Å²) in [7, 11) is 0. The van der Waals surface area contributed by atoms with Crippen LogP contribution in [0.15, 0.2) is 24.3 Å². The Hall–Kier alpha value is -0.860. The second-order valence-electron chi connectivity index (χ2n) is 5.76. The third-order valence-corrected chi connectivity index (χ3v) is 3.57. The van der Waals surface area contributed by atoms with E-state index in [4.69, 9.17) is 4.74 Å². The molecule has 2 heteroatoms. The Bertz CT molecular complexity index is 345. The average Bonchev–Trinajstić information content (AvgIpc) is 2.47. The van der Waals surface area contributed by atoms with Crippen LogP contribution in [0.3, 0.4) is 0 Å². The van der Waals surface area contributed by atoms with Gasteiger partial charge in [0.2, 0.25) is 0 Å². The van der Waals surface area contributed by atoms with E-state index in [9.17, 15) is 0 Å². The van der Waals surface area contributed by atoms with Crippen LogP contribution < -0.4 is 5.32 Å². The smallest absolute Gasteiger partial charge is 0.0661 e. The molecule has 2 nitrogen and oxygen atoms in total. The molecule has 0 aliphatic heterocycles. The first-order chi connectivity index (χ1) is 9.69. The van der Waals surface area contributed by atoms with Gasteiger partial charge < -0.3 is 10.1 Å². The van der Waals surface area contributed by atoms with Crippen molar-refractivity contribution in [2.45, 2.75) is 58.9 Å². The lowest BCUT2D eigenvalue weighted by atomic mass is 9.99. The Morgan fingerprint density at radius 2 is 1.65 bits per heavy atom. The molecule has 0 saturated carbocycles. The van der Waals surface area contributed by atoms with Crippen molar-refractivity contribution < 1.29 is 4.74 Å². The minimum atomic E-state index is 0.313. The minimum Gasteiger partial charge on any atom is -0.379 e. The second-order valence-corrected chi connectivity index (χ2v) is 5.76. The fraction of sp³-hybridized carbons (Fsp3) is 0.667. The Labute approximate surface area is 124 Å². The molecular weight excluding hydrogens is 246 g/mol. The van der Waals surface area contributed by atoms with Crippen LogP contribution in [0, 0.1) is 0 Å². The van der Waals surface area contributed by atoms with E-state index in [1.165, 1.54) is 17.5 Å². The maximum absolute atomic E-state index is 5.80. The molecule has 0 aromatic heterocycles. The molecule has 0 amide bonds. The molecule has 20 heavy (non-hydrogen) atoms. The molecule has 114 valence electrons. The van der Waals surface area contributed by atoms with E-state index in [0.29, 0.717) is 12.0 Å². The first-order valence-electron chi connectivity index (χ1n) is 8.10. The summed E-state index contributed by atoms with van der Waals surface area (Å²) in [4.78, 5) is 0. The van der Waals surface area contributed by atoms with Gasteiger partial charge in [-0.15, -0.1) is 0 Å². The molecule has 0 saturated heterocycles. The van der Waals surface area contributed by atoms with Crippen molar-refractivity contribution in [1.29, 1.82) is 0 Å². The van der Waals surface area contributed by atoms with Gasteiger partial charge in [-0.25, -0.2) is 0 Å². The Morgan fingerprint density at radius 1 is 1.00 bits per heavy atom. The van der Waals surface area contributed by atoms with Crippen LogP contribution in [0.5, 0.6) is 0 Å². The van der Waals surface area contributed by atoms with Crippen LogP contribution >= 0.6 is 0 Å². The molecule has 0 fully saturated rings. The Morgan fingerprint density at radius 3 is 2.20 bits per heavy atom. The molecule has 0 bridgehead atoms.